The van der Waals surface area contributed by atoms with Crippen LogP contribution in [0.25, 0.3) is 0 Å². The monoisotopic (exact) mass is 367 g/mol. The normalized spacial score (nSPS) is 17.4. The lowest BCUT2D eigenvalue weighted by Gasteiger charge is -2.23. The molecule has 1 aromatic carbocycles. The minimum atomic E-state index is 0.213. The maximum Gasteiger partial charge on any atom is 0.222 e. The van der Waals surface area contributed by atoms with E-state index in [9.17, 15) is 4.79 Å². The molecule has 1 aliphatic heterocycles. The van der Waals surface area contributed by atoms with Crippen molar-refractivity contribution >= 4 is 21.8 Å². The summed E-state index contributed by atoms with van der Waals surface area (Å²) >= 11 is 3.56. The number of rotatable bonds is 4. The molecule has 1 amide bonds. The lowest BCUT2D eigenvalue weighted by molar-refractivity contribution is -0.131. The van der Waals surface area contributed by atoms with Crippen LogP contribution in [0.5, 0.6) is 11.5 Å². The summed E-state index contributed by atoms with van der Waals surface area (Å²) in [5.74, 6) is 1.57. The zero-order chi connectivity index (χ0) is 15.9. The molecule has 22 heavy (non-hydrogen) atoms. The van der Waals surface area contributed by atoms with Crippen LogP contribution in [0.1, 0.15) is 31.2 Å². The third-order valence-electron chi connectivity index (χ3n) is 3.76. The highest BCUT2D eigenvalue weighted by molar-refractivity contribution is 9.10. The number of benzene rings is 1. The molecule has 0 saturated heterocycles. The average molecular weight is 368 g/mol. The lowest BCUT2D eigenvalue weighted by Crippen LogP contribution is -2.31. The van der Waals surface area contributed by atoms with E-state index in [2.05, 4.69) is 28.1 Å². The van der Waals surface area contributed by atoms with Crippen molar-refractivity contribution in [1.82, 2.24) is 4.90 Å². The molecule has 120 valence electrons. The number of hydrogen-bond donors (Lipinski definition) is 0. The Morgan fingerprint density at radius 2 is 1.82 bits per heavy atom. The van der Waals surface area contributed by atoms with Gasteiger partial charge in [0.15, 0.2) is 11.5 Å². The predicted molar refractivity (Wildman–Crippen MR) is 90.3 cm³/mol. The van der Waals surface area contributed by atoms with Gasteiger partial charge in [0.2, 0.25) is 5.91 Å². The van der Waals surface area contributed by atoms with E-state index in [4.69, 9.17) is 9.47 Å². The second-order valence-corrected chi connectivity index (χ2v) is 6.12. The Kier molecular flexibility index (Phi) is 6.31. The van der Waals surface area contributed by atoms with Crippen LogP contribution in [0.2, 0.25) is 0 Å². The Morgan fingerprint density at radius 1 is 1.14 bits per heavy atom. The van der Waals surface area contributed by atoms with Gasteiger partial charge in [0, 0.05) is 24.0 Å². The summed E-state index contributed by atoms with van der Waals surface area (Å²) in [4.78, 5) is 14.3. The standard InChI is InChI=1S/C17H22BrNO3/c1-21-15-10-13(14(18)11-16(15)22-2)12-19-9-7-5-3-4-6-8-17(19)20/h3,5,10-11H,4,6-9,12H2,1-2H3/b5-3-. The highest BCUT2D eigenvalue weighted by atomic mass is 79.9. The summed E-state index contributed by atoms with van der Waals surface area (Å²) in [6, 6.07) is 3.81. The summed E-state index contributed by atoms with van der Waals surface area (Å²) in [6.45, 7) is 1.32. The molecule has 0 fully saturated rings. The number of hydrogen-bond acceptors (Lipinski definition) is 3. The molecule has 2 rings (SSSR count). The summed E-state index contributed by atoms with van der Waals surface area (Å²) in [7, 11) is 3.23. The number of nitrogens with zero attached hydrogens (tertiary/aromatic N) is 1. The van der Waals surface area contributed by atoms with Gasteiger partial charge in [-0.25, -0.2) is 0 Å². The molecule has 1 aliphatic rings. The molecular formula is C17H22BrNO3. The van der Waals surface area contributed by atoms with Gasteiger partial charge in [-0.3, -0.25) is 4.79 Å². The molecule has 0 unspecified atom stereocenters. The first-order valence-corrected chi connectivity index (χ1v) is 8.28. The molecule has 0 aromatic heterocycles. The maximum atomic E-state index is 12.3. The van der Waals surface area contributed by atoms with Crippen molar-refractivity contribution in [2.75, 3.05) is 20.8 Å². The van der Waals surface area contributed by atoms with Gasteiger partial charge >= 0.3 is 0 Å². The van der Waals surface area contributed by atoms with Crippen molar-refractivity contribution in [1.29, 1.82) is 0 Å². The van der Waals surface area contributed by atoms with E-state index in [1.165, 1.54) is 0 Å². The van der Waals surface area contributed by atoms with Gasteiger partial charge in [-0.05, 0) is 37.0 Å². The first-order chi connectivity index (χ1) is 10.7. The third kappa shape index (κ3) is 4.26. The quantitative estimate of drug-likeness (QED) is 0.756. The molecule has 0 N–H and O–H groups in total. The zero-order valence-electron chi connectivity index (χ0n) is 13.1. The predicted octanol–water partition coefficient (Wildman–Crippen LogP) is 3.93. The number of allylic oxidation sites excluding steroid dienone is 1. The number of carbonyl (C=O) groups excluding carboxylic acids is 1. The van der Waals surface area contributed by atoms with Gasteiger partial charge in [0.25, 0.3) is 0 Å². The molecule has 1 aromatic rings. The Balaban J connectivity index is 2.20. The number of amides is 1. The maximum absolute atomic E-state index is 12.3. The number of ether oxygens (including phenoxy) is 2. The Hall–Kier alpha value is -1.49. The SMILES string of the molecule is COc1cc(Br)c(CN2CC/C=C\CCCC2=O)cc1OC. The molecule has 0 radical (unpaired) electrons. The van der Waals surface area contributed by atoms with Gasteiger partial charge < -0.3 is 14.4 Å². The van der Waals surface area contributed by atoms with Crippen LogP contribution in [0, 0.1) is 0 Å². The Labute approximate surface area is 140 Å². The Bertz CT molecular complexity index is 557. The van der Waals surface area contributed by atoms with Gasteiger partial charge in [-0.1, -0.05) is 28.1 Å². The van der Waals surface area contributed by atoms with E-state index in [0.717, 1.165) is 35.8 Å². The first-order valence-electron chi connectivity index (χ1n) is 7.49. The van der Waals surface area contributed by atoms with E-state index < -0.39 is 0 Å². The molecular weight excluding hydrogens is 346 g/mol. The van der Waals surface area contributed by atoms with Crippen molar-refractivity contribution in [3.63, 3.8) is 0 Å². The van der Waals surface area contributed by atoms with Crippen LogP contribution in [-0.2, 0) is 11.3 Å². The van der Waals surface area contributed by atoms with Crippen LogP contribution in [0.3, 0.4) is 0 Å². The van der Waals surface area contributed by atoms with Gasteiger partial charge in [0.05, 0.1) is 14.2 Å². The fraction of sp³-hybridized carbons (Fsp3) is 0.471. The first kappa shape index (κ1) is 16.9. The number of methoxy groups -OCH3 is 2. The third-order valence-corrected chi connectivity index (χ3v) is 4.50. The van der Waals surface area contributed by atoms with Crippen LogP contribution < -0.4 is 9.47 Å². The summed E-state index contributed by atoms with van der Waals surface area (Å²) < 4.78 is 11.6. The molecule has 0 aliphatic carbocycles. The van der Waals surface area contributed by atoms with E-state index in [1.54, 1.807) is 14.2 Å². The largest absolute Gasteiger partial charge is 0.493 e. The van der Waals surface area contributed by atoms with Gasteiger partial charge in [-0.2, -0.15) is 0 Å². The van der Waals surface area contributed by atoms with Crippen LogP contribution >= 0.6 is 15.9 Å². The van der Waals surface area contributed by atoms with Crippen molar-refractivity contribution in [2.24, 2.45) is 0 Å². The summed E-state index contributed by atoms with van der Waals surface area (Å²) in [5, 5.41) is 0. The van der Waals surface area contributed by atoms with E-state index >= 15 is 0 Å². The Morgan fingerprint density at radius 3 is 2.55 bits per heavy atom. The van der Waals surface area contributed by atoms with Crippen LogP contribution in [0.4, 0.5) is 0 Å². The fourth-order valence-electron chi connectivity index (χ4n) is 2.51. The second kappa shape index (κ2) is 8.22. The highest BCUT2D eigenvalue weighted by Crippen LogP contribution is 2.34. The highest BCUT2D eigenvalue weighted by Gasteiger charge is 2.17. The van der Waals surface area contributed by atoms with E-state index in [-0.39, 0.29) is 5.91 Å². The van der Waals surface area contributed by atoms with Crippen molar-refractivity contribution in [2.45, 2.75) is 32.2 Å². The minimum Gasteiger partial charge on any atom is -0.493 e. The second-order valence-electron chi connectivity index (χ2n) is 5.27. The summed E-state index contributed by atoms with van der Waals surface area (Å²) in [5.41, 5.74) is 1.02. The van der Waals surface area contributed by atoms with Crippen molar-refractivity contribution < 1.29 is 14.3 Å². The smallest absolute Gasteiger partial charge is 0.222 e. The van der Waals surface area contributed by atoms with E-state index in [1.807, 2.05) is 17.0 Å². The fourth-order valence-corrected chi connectivity index (χ4v) is 2.96. The molecule has 0 saturated carbocycles. The number of halogens is 1. The molecule has 0 bridgehead atoms. The summed E-state index contributed by atoms with van der Waals surface area (Å²) in [6.07, 6.45) is 7.74. The van der Waals surface area contributed by atoms with Crippen molar-refractivity contribution in [3.05, 3.63) is 34.3 Å². The lowest BCUT2D eigenvalue weighted by atomic mass is 10.1. The molecule has 0 spiro atoms. The minimum absolute atomic E-state index is 0.213. The zero-order valence-corrected chi connectivity index (χ0v) is 14.7. The molecule has 5 heteroatoms. The van der Waals surface area contributed by atoms with E-state index in [0.29, 0.717) is 24.5 Å². The van der Waals surface area contributed by atoms with Crippen LogP contribution in [0.15, 0.2) is 28.8 Å². The topological polar surface area (TPSA) is 38.8 Å². The van der Waals surface area contributed by atoms with Crippen LogP contribution in [-0.4, -0.2) is 31.6 Å². The molecule has 0 atom stereocenters. The molecule has 1 heterocycles. The molecule has 4 nitrogen and oxygen atoms in total. The number of carbonyl (C=O) groups is 1. The van der Waals surface area contributed by atoms with Crippen molar-refractivity contribution in [3.8, 4) is 11.5 Å². The average Bonchev–Trinajstić information content (AvgIpc) is 2.62. The van der Waals surface area contributed by atoms with Gasteiger partial charge in [0.1, 0.15) is 0 Å². The van der Waals surface area contributed by atoms with Gasteiger partial charge in [-0.15, -0.1) is 0 Å².